The van der Waals surface area contributed by atoms with Gasteiger partial charge in [0, 0.05) is 44.5 Å². The Morgan fingerprint density at radius 2 is 0.765 bits per heavy atom. The van der Waals surface area contributed by atoms with Crippen LogP contribution in [-0.2, 0) is 19.2 Å². The number of carbonyl (C=O) groups is 4. The topological polar surface area (TPSA) is 155 Å². The van der Waals surface area contributed by atoms with Gasteiger partial charge in [-0.1, -0.05) is 72.8 Å². The number of esters is 4. The zero-order valence-corrected chi connectivity index (χ0v) is 43.6. The van der Waals surface area contributed by atoms with Crippen molar-refractivity contribution in [3.8, 4) is 23.0 Å². The predicted octanol–water partition coefficient (Wildman–Crippen LogP) is 13.4. The van der Waals surface area contributed by atoms with Gasteiger partial charge in [0.15, 0.2) is 0 Å². The highest BCUT2D eigenvalue weighted by atomic mass is 24.3. The van der Waals surface area contributed by atoms with Crippen molar-refractivity contribution < 1.29 is 55.7 Å². The van der Waals surface area contributed by atoms with Crippen molar-refractivity contribution in [1.29, 1.82) is 0 Å². The number of fused-ring (bicyclic) bond motifs is 4. The Bertz CT molecular complexity index is 3820. The fourth-order valence-corrected chi connectivity index (χ4v) is 8.75. The van der Waals surface area contributed by atoms with E-state index >= 15 is 0 Å². The maximum absolute atomic E-state index is 14.2. The number of aliphatic imine (C=N–C) groups is 4. The third-order valence-corrected chi connectivity index (χ3v) is 12.2. The van der Waals surface area contributed by atoms with Crippen LogP contribution in [0.4, 0.5) is 17.6 Å². The first kappa shape index (κ1) is 58.0. The molecule has 81 heavy (non-hydrogen) atoms. The summed E-state index contributed by atoms with van der Waals surface area (Å²) in [6.07, 6.45) is 16.8. The Labute approximate surface area is 480 Å². The van der Waals surface area contributed by atoms with Crippen molar-refractivity contribution in [3.63, 3.8) is 0 Å². The Hall–Kier alpha value is -9.19. The molecule has 0 saturated carbocycles. The molecule has 8 bridgehead atoms. The zero-order valence-electron chi connectivity index (χ0n) is 43.6. The highest BCUT2D eigenvalue weighted by molar-refractivity contribution is 6.51. The lowest BCUT2D eigenvalue weighted by Crippen LogP contribution is -2.13. The molecule has 0 unspecified atom stereocenters. The van der Waals surface area contributed by atoms with E-state index in [-0.39, 0.29) is 96.6 Å². The summed E-state index contributed by atoms with van der Waals surface area (Å²) in [7, 11) is 0. The molecule has 9 rings (SSSR count). The van der Waals surface area contributed by atoms with Crippen molar-refractivity contribution in [3.05, 3.63) is 238 Å². The van der Waals surface area contributed by atoms with Crippen LogP contribution >= 0.6 is 0 Å². The van der Waals surface area contributed by atoms with Gasteiger partial charge in [-0.2, -0.15) is 0 Å². The van der Waals surface area contributed by atoms with Gasteiger partial charge in [0.1, 0.15) is 23.0 Å². The lowest BCUT2D eigenvalue weighted by atomic mass is 9.85. The number of benzene rings is 4. The monoisotopic (exact) mass is 1100 g/mol. The molecule has 0 N–H and O–H groups in total. The van der Waals surface area contributed by atoms with E-state index in [1.165, 1.54) is 39.8 Å². The molecule has 17 heteroatoms. The smallest absolute Gasteiger partial charge is 0.316 e. The van der Waals surface area contributed by atoms with E-state index in [1.54, 1.807) is 127 Å². The van der Waals surface area contributed by atoms with E-state index in [9.17, 15) is 36.7 Å². The van der Waals surface area contributed by atoms with E-state index in [4.69, 9.17) is 38.9 Å². The summed E-state index contributed by atoms with van der Waals surface area (Å²) >= 11 is 0. The number of halogens is 4. The van der Waals surface area contributed by atoms with Gasteiger partial charge in [0.2, 0.25) is 0 Å². The highest BCUT2D eigenvalue weighted by Crippen LogP contribution is 2.51. The largest absolute Gasteiger partial charge is 0.426 e. The first-order valence-corrected chi connectivity index (χ1v) is 25.1. The molecule has 5 aliphatic heterocycles. The quantitative estimate of drug-likeness (QED) is 0.0465. The number of para-hydroxylation sites is 4. The van der Waals surface area contributed by atoms with Gasteiger partial charge in [0.25, 0.3) is 0 Å². The van der Waals surface area contributed by atoms with Gasteiger partial charge in [-0.15, -0.1) is 0 Å². The molecule has 0 aromatic heterocycles. The maximum Gasteiger partial charge on any atom is 0.316 e. The molecule has 5 heterocycles. The first-order chi connectivity index (χ1) is 38.6. The number of allylic oxidation sites excluding steroid dienone is 16. The minimum Gasteiger partial charge on any atom is -0.426 e. The SMILES string of the molecule is CC(F)=CCC(=O)Oc1ccccc1C1=CC2=CC3=NC(=CC4=NC(=CC5=NC(=C(c6ccccc6OC(=O)CC=C(C)F)C1=N2)C(c1ccccc1OC(=O)CC=C(C)F)=C5c1ccccc1OC(=O)CC=C(C)F)C=C4)C=C3.[MgH2]. The maximum atomic E-state index is 14.2. The molecule has 404 valence electrons. The van der Waals surface area contributed by atoms with E-state index in [2.05, 4.69) is 0 Å². The molecule has 0 radical (unpaired) electrons. The van der Waals surface area contributed by atoms with Crippen LogP contribution in [0.15, 0.2) is 236 Å². The molecule has 5 aliphatic rings. The lowest BCUT2D eigenvalue weighted by molar-refractivity contribution is -0.134. The summed E-state index contributed by atoms with van der Waals surface area (Å²) in [5.41, 5.74) is 4.89. The van der Waals surface area contributed by atoms with Crippen LogP contribution in [0.1, 0.15) is 75.6 Å². The van der Waals surface area contributed by atoms with Crippen LogP contribution in [0.2, 0.25) is 0 Å². The third kappa shape index (κ3) is 14.4. The van der Waals surface area contributed by atoms with Crippen LogP contribution in [-0.4, -0.2) is 69.8 Å². The Morgan fingerprint density at radius 1 is 0.407 bits per heavy atom. The van der Waals surface area contributed by atoms with Crippen molar-refractivity contribution in [1.82, 2.24) is 0 Å². The van der Waals surface area contributed by atoms with Crippen molar-refractivity contribution in [2.24, 2.45) is 20.0 Å². The van der Waals surface area contributed by atoms with E-state index in [0.29, 0.717) is 39.7 Å². The number of ether oxygens (including phenoxy) is 4. The van der Waals surface area contributed by atoms with Crippen molar-refractivity contribution in [2.45, 2.75) is 53.4 Å². The molecule has 0 aliphatic carbocycles. The fraction of sp³-hybridized carbons (Fsp3) is 0.125. The van der Waals surface area contributed by atoms with Gasteiger partial charge in [-0.3, -0.25) is 19.2 Å². The average molecular weight is 1100 g/mol. The van der Waals surface area contributed by atoms with E-state index in [0.717, 1.165) is 24.3 Å². The van der Waals surface area contributed by atoms with Crippen LogP contribution in [0.3, 0.4) is 0 Å². The van der Waals surface area contributed by atoms with Crippen LogP contribution in [0.25, 0.3) is 22.3 Å². The molecule has 0 amide bonds. The van der Waals surface area contributed by atoms with E-state index < -0.39 is 72.9 Å². The summed E-state index contributed by atoms with van der Waals surface area (Å²) < 4.78 is 80.5. The number of hydrogen-bond donors (Lipinski definition) is 0. The van der Waals surface area contributed by atoms with Gasteiger partial charge in [-0.05, 0) is 125 Å². The third-order valence-electron chi connectivity index (χ3n) is 12.2. The summed E-state index contributed by atoms with van der Waals surface area (Å²) in [5, 5.41) is 0. The Morgan fingerprint density at radius 3 is 1.20 bits per heavy atom. The van der Waals surface area contributed by atoms with Crippen molar-refractivity contribution >= 4 is 92.1 Å². The molecular formula is C64H50F4MgN4O8. The summed E-state index contributed by atoms with van der Waals surface area (Å²) in [5.74, 6) is -5.58. The molecule has 0 fully saturated rings. The molecule has 0 spiro atoms. The highest BCUT2D eigenvalue weighted by Gasteiger charge is 2.37. The van der Waals surface area contributed by atoms with Crippen LogP contribution < -0.4 is 18.9 Å². The fourth-order valence-electron chi connectivity index (χ4n) is 8.75. The van der Waals surface area contributed by atoms with Crippen LogP contribution in [0.5, 0.6) is 23.0 Å². The second kappa shape index (κ2) is 26.2. The summed E-state index contributed by atoms with van der Waals surface area (Å²) in [6, 6.07) is 26.3. The Balaban J connectivity index is 0.00000860. The minimum atomic E-state index is -0.829. The number of rotatable bonds is 16. The zero-order chi connectivity index (χ0) is 56.5. The predicted molar refractivity (Wildman–Crippen MR) is 309 cm³/mol. The molecule has 0 atom stereocenters. The van der Waals surface area contributed by atoms with Gasteiger partial charge in [0.05, 0.1) is 94.6 Å². The van der Waals surface area contributed by atoms with Gasteiger partial charge >= 0.3 is 46.9 Å². The summed E-state index contributed by atoms with van der Waals surface area (Å²) in [6.45, 7) is 4.80. The second-order valence-electron chi connectivity index (χ2n) is 18.3. The average Bonchev–Trinajstić information content (AvgIpc) is 4.42. The molecule has 0 saturated heterocycles. The van der Waals surface area contributed by atoms with Gasteiger partial charge < -0.3 is 18.9 Å². The number of nitrogens with zero attached hydrogens (tertiary/aromatic N) is 4. The molecular weight excluding hydrogens is 1050 g/mol. The van der Waals surface area contributed by atoms with Gasteiger partial charge in [-0.25, -0.2) is 37.5 Å². The standard InChI is InChI=1S/C64H48F4N4O8.Mg.2H/c1-37(65)21-29-56(73)77-52-17-9-5-13-46(52)50-35-45-34-43-26-25-41(69-43)33-42-27-28-44(70-42)36-51-60(47-14-6-10-18-53(47)78-57(74)30-22-38(2)66)61(48-15-7-11-19-54(48)79-58(75)31-23-39(3)67)64(72-51)62(63(50)71-45)49-16-8-12-20-55(49)80-59(76)32-24-40(4)68;;;/h5-28,33-36H,29-32H2,1-4H3;;;. The summed E-state index contributed by atoms with van der Waals surface area (Å²) in [4.78, 5) is 75.0. The Kier molecular flexibility index (Phi) is 18.7. The molecule has 4 aromatic rings. The number of carbonyl (C=O) groups excluding carboxylic acids is 4. The number of hydrogen-bond acceptors (Lipinski definition) is 12. The molecule has 12 nitrogen and oxygen atoms in total. The lowest BCUT2D eigenvalue weighted by Gasteiger charge is -2.21. The van der Waals surface area contributed by atoms with Crippen LogP contribution in [0, 0.1) is 0 Å². The van der Waals surface area contributed by atoms with Crippen molar-refractivity contribution in [2.75, 3.05) is 0 Å². The first-order valence-electron chi connectivity index (χ1n) is 25.1. The normalized spacial score (nSPS) is 15.9. The minimum absolute atomic E-state index is 0. The van der Waals surface area contributed by atoms with E-state index in [1.807, 2.05) is 6.08 Å². The molecule has 4 aromatic carbocycles. The second-order valence-corrected chi connectivity index (χ2v) is 18.3.